The molecule has 0 bridgehead atoms. The van der Waals surface area contributed by atoms with Gasteiger partial charge in [0, 0.05) is 19.5 Å². The molecule has 134 valence electrons. The van der Waals surface area contributed by atoms with Crippen LogP contribution in [0.2, 0.25) is 0 Å². The molecule has 25 heavy (non-hydrogen) atoms. The van der Waals surface area contributed by atoms with Crippen molar-refractivity contribution in [2.75, 3.05) is 6.54 Å². The minimum Gasteiger partial charge on any atom is -0.314 e. The third-order valence-electron chi connectivity index (χ3n) is 5.19. The first-order valence-electron chi connectivity index (χ1n) is 9.10. The van der Waals surface area contributed by atoms with Gasteiger partial charge in [-0.05, 0) is 31.2 Å². The SMILES string of the molecule is O=S(=O)(Cc1ccccc1)N1CCCC1c1nnc2n1CCCCC2. The van der Waals surface area contributed by atoms with Crippen molar-refractivity contribution < 1.29 is 8.42 Å². The van der Waals surface area contributed by atoms with E-state index in [0.29, 0.717) is 6.54 Å². The van der Waals surface area contributed by atoms with E-state index in [2.05, 4.69) is 14.8 Å². The number of aromatic nitrogens is 3. The molecule has 1 atom stereocenters. The van der Waals surface area contributed by atoms with Crippen LogP contribution in [0.25, 0.3) is 0 Å². The minimum absolute atomic E-state index is 0.0470. The van der Waals surface area contributed by atoms with Crippen molar-refractivity contribution in [1.29, 1.82) is 0 Å². The van der Waals surface area contributed by atoms with E-state index in [9.17, 15) is 8.42 Å². The fourth-order valence-electron chi connectivity index (χ4n) is 3.95. The molecule has 7 heteroatoms. The zero-order valence-electron chi connectivity index (χ0n) is 14.3. The number of aryl methyl sites for hydroxylation is 1. The monoisotopic (exact) mass is 360 g/mol. The third kappa shape index (κ3) is 3.35. The normalized spacial score (nSPS) is 21.8. The topological polar surface area (TPSA) is 68.1 Å². The number of rotatable bonds is 4. The predicted octanol–water partition coefficient (Wildman–Crippen LogP) is 2.67. The summed E-state index contributed by atoms with van der Waals surface area (Å²) in [6.45, 7) is 1.47. The summed E-state index contributed by atoms with van der Waals surface area (Å²) in [6, 6.07) is 9.22. The van der Waals surface area contributed by atoms with Crippen LogP contribution in [-0.4, -0.2) is 34.0 Å². The summed E-state index contributed by atoms with van der Waals surface area (Å²) < 4.78 is 29.9. The lowest BCUT2D eigenvalue weighted by Crippen LogP contribution is -2.33. The van der Waals surface area contributed by atoms with Crippen LogP contribution >= 0.6 is 0 Å². The highest BCUT2D eigenvalue weighted by Crippen LogP contribution is 2.35. The van der Waals surface area contributed by atoms with Gasteiger partial charge in [-0.25, -0.2) is 8.42 Å². The van der Waals surface area contributed by atoms with Crippen molar-refractivity contribution in [1.82, 2.24) is 19.1 Å². The van der Waals surface area contributed by atoms with Gasteiger partial charge in [-0.1, -0.05) is 36.8 Å². The first-order valence-corrected chi connectivity index (χ1v) is 10.7. The average Bonchev–Trinajstić information content (AvgIpc) is 3.17. The molecule has 1 saturated heterocycles. The molecule has 2 aromatic rings. The summed E-state index contributed by atoms with van der Waals surface area (Å²) in [5, 5.41) is 8.75. The van der Waals surface area contributed by atoms with Crippen LogP contribution in [0.1, 0.15) is 55.4 Å². The maximum atomic E-state index is 13.0. The summed E-state index contributed by atoms with van der Waals surface area (Å²) in [7, 11) is -3.37. The summed E-state index contributed by atoms with van der Waals surface area (Å²) in [5.41, 5.74) is 0.827. The Balaban J connectivity index is 1.61. The lowest BCUT2D eigenvalue weighted by Gasteiger charge is -2.24. The smallest absolute Gasteiger partial charge is 0.218 e. The van der Waals surface area contributed by atoms with Crippen molar-refractivity contribution >= 4 is 10.0 Å². The molecule has 4 rings (SSSR count). The fraction of sp³-hybridized carbons (Fsp3) is 0.556. The van der Waals surface area contributed by atoms with Gasteiger partial charge in [-0.3, -0.25) is 0 Å². The van der Waals surface area contributed by atoms with E-state index in [4.69, 9.17) is 0 Å². The molecule has 0 aliphatic carbocycles. The van der Waals surface area contributed by atoms with Crippen LogP contribution in [0.3, 0.4) is 0 Å². The Morgan fingerprint density at radius 3 is 2.68 bits per heavy atom. The lowest BCUT2D eigenvalue weighted by molar-refractivity contribution is 0.370. The first kappa shape index (κ1) is 16.7. The van der Waals surface area contributed by atoms with E-state index in [1.165, 1.54) is 6.42 Å². The van der Waals surface area contributed by atoms with Crippen LogP contribution in [0.15, 0.2) is 30.3 Å². The molecule has 0 spiro atoms. The van der Waals surface area contributed by atoms with Gasteiger partial charge in [-0.2, -0.15) is 4.31 Å². The van der Waals surface area contributed by atoms with Gasteiger partial charge < -0.3 is 4.57 Å². The molecule has 2 aliphatic rings. The van der Waals surface area contributed by atoms with Crippen molar-refractivity contribution in [2.24, 2.45) is 0 Å². The number of benzene rings is 1. The van der Waals surface area contributed by atoms with Crippen LogP contribution in [0.5, 0.6) is 0 Å². The Morgan fingerprint density at radius 1 is 1.00 bits per heavy atom. The Kier molecular flexibility index (Phi) is 4.60. The Bertz CT molecular complexity index is 832. The summed E-state index contributed by atoms with van der Waals surface area (Å²) in [4.78, 5) is 0. The van der Waals surface area contributed by atoms with Crippen molar-refractivity contribution in [2.45, 2.75) is 56.9 Å². The molecule has 0 radical (unpaired) electrons. The number of hydrogen-bond donors (Lipinski definition) is 0. The molecule has 1 aromatic heterocycles. The van der Waals surface area contributed by atoms with Gasteiger partial charge in [0.2, 0.25) is 10.0 Å². The highest BCUT2D eigenvalue weighted by Gasteiger charge is 2.38. The van der Waals surface area contributed by atoms with Crippen LogP contribution in [0.4, 0.5) is 0 Å². The second-order valence-electron chi connectivity index (χ2n) is 6.95. The predicted molar refractivity (Wildman–Crippen MR) is 95.3 cm³/mol. The minimum atomic E-state index is -3.37. The fourth-order valence-corrected chi connectivity index (χ4v) is 5.73. The molecule has 1 aromatic carbocycles. The highest BCUT2D eigenvalue weighted by molar-refractivity contribution is 7.88. The van der Waals surface area contributed by atoms with Gasteiger partial charge in [-0.15, -0.1) is 10.2 Å². The van der Waals surface area contributed by atoms with Crippen LogP contribution < -0.4 is 0 Å². The van der Waals surface area contributed by atoms with Gasteiger partial charge >= 0.3 is 0 Å². The molecule has 2 aliphatic heterocycles. The van der Waals surface area contributed by atoms with Crippen LogP contribution in [0, 0.1) is 0 Å². The molecule has 0 N–H and O–H groups in total. The average molecular weight is 360 g/mol. The first-order chi connectivity index (χ1) is 12.1. The number of hydrogen-bond acceptors (Lipinski definition) is 4. The Morgan fingerprint density at radius 2 is 1.84 bits per heavy atom. The molecular weight excluding hydrogens is 336 g/mol. The van der Waals surface area contributed by atoms with E-state index in [1.807, 2.05) is 30.3 Å². The van der Waals surface area contributed by atoms with Crippen molar-refractivity contribution in [3.05, 3.63) is 47.5 Å². The quantitative estimate of drug-likeness (QED) is 0.841. The maximum Gasteiger partial charge on any atom is 0.218 e. The highest BCUT2D eigenvalue weighted by atomic mass is 32.2. The zero-order valence-corrected chi connectivity index (χ0v) is 15.2. The molecule has 0 saturated carbocycles. The second kappa shape index (κ2) is 6.88. The Hall–Kier alpha value is -1.73. The number of fused-ring (bicyclic) bond motifs is 1. The van der Waals surface area contributed by atoms with Gasteiger partial charge in [0.05, 0.1) is 11.8 Å². The molecule has 0 amide bonds. The largest absolute Gasteiger partial charge is 0.314 e. The standard InChI is InChI=1S/C18H24N4O2S/c23-25(24,14-15-8-3-1-4-9-15)22-13-7-10-16(22)18-20-19-17-11-5-2-6-12-21(17)18/h1,3-4,8-9,16H,2,5-7,10-14H2. The molecule has 1 unspecified atom stereocenters. The third-order valence-corrected chi connectivity index (χ3v) is 7.04. The lowest BCUT2D eigenvalue weighted by atomic mass is 10.2. The molecule has 6 nitrogen and oxygen atoms in total. The van der Waals surface area contributed by atoms with Gasteiger partial charge in [0.1, 0.15) is 5.82 Å². The maximum absolute atomic E-state index is 13.0. The second-order valence-corrected chi connectivity index (χ2v) is 8.87. The van der Waals surface area contributed by atoms with Crippen molar-refractivity contribution in [3.63, 3.8) is 0 Å². The number of nitrogens with zero attached hydrogens (tertiary/aromatic N) is 4. The zero-order chi connectivity index (χ0) is 17.3. The van der Waals surface area contributed by atoms with E-state index < -0.39 is 10.0 Å². The summed E-state index contributed by atoms with van der Waals surface area (Å²) in [6.07, 6.45) is 6.09. The van der Waals surface area contributed by atoms with Gasteiger partial charge in [0.25, 0.3) is 0 Å². The summed E-state index contributed by atoms with van der Waals surface area (Å²) >= 11 is 0. The van der Waals surface area contributed by atoms with E-state index >= 15 is 0 Å². The summed E-state index contributed by atoms with van der Waals surface area (Å²) in [5.74, 6) is 1.90. The number of sulfonamides is 1. The molecular formula is C18H24N4O2S. The van der Waals surface area contributed by atoms with Gasteiger partial charge in [0.15, 0.2) is 5.82 Å². The van der Waals surface area contributed by atoms with Crippen molar-refractivity contribution in [3.8, 4) is 0 Å². The van der Waals surface area contributed by atoms with E-state index in [0.717, 1.165) is 55.9 Å². The van der Waals surface area contributed by atoms with E-state index in [-0.39, 0.29) is 11.8 Å². The van der Waals surface area contributed by atoms with Crippen LogP contribution in [-0.2, 0) is 28.7 Å². The molecule has 1 fully saturated rings. The van der Waals surface area contributed by atoms with E-state index in [1.54, 1.807) is 4.31 Å². The molecule has 3 heterocycles. The Labute approximate surface area is 148 Å².